The molecule has 2 fully saturated rings. The zero-order valence-electron chi connectivity index (χ0n) is 16.0. The molecule has 8 nitrogen and oxygen atoms in total. The van der Waals surface area contributed by atoms with Crippen molar-refractivity contribution in [2.45, 2.75) is 32.2 Å². The molecule has 1 aliphatic heterocycles. The van der Waals surface area contributed by atoms with Gasteiger partial charge >= 0.3 is 5.97 Å². The van der Waals surface area contributed by atoms with E-state index in [0.717, 1.165) is 17.9 Å². The van der Waals surface area contributed by atoms with Gasteiger partial charge in [-0.15, -0.1) is 0 Å². The highest BCUT2D eigenvalue weighted by Gasteiger charge is 2.55. The molecule has 0 aromatic heterocycles. The number of carbonyl (C=O) groups excluding carboxylic acids is 2. The van der Waals surface area contributed by atoms with E-state index in [0.29, 0.717) is 31.8 Å². The molecule has 154 valence electrons. The number of amides is 2. The number of nitrogens with one attached hydrogen (secondary N) is 1. The summed E-state index contributed by atoms with van der Waals surface area (Å²) in [6.45, 7) is 0.753. The fourth-order valence-electron chi connectivity index (χ4n) is 3.57. The Morgan fingerprint density at radius 2 is 1.90 bits per heavy atom. The third-order valence-corrected chi connectivity index (χ3v) is 5.69. The second kappa shape index (κ2) is 7.42. The molecule has 1 spiro atoms. The second-order valence-corrected chi connectivity index (χ2v) is 8.14. The fraction of sp³-hybridized carbons (Fsp3) is 0.476. The zero-order valence-corrected chi connectivity index (χ0v) is 16.0. The lowest BCUT2D eigenvalue weighted by molar-refractivity contribution is -0.139. The van der Waals surface area contributed by atoms with Gasteiger partial charge in [-0.1, -0.05) is 12.1 Å². The highest BCUT2D eigenvalue weighted by atomic mass is 16.5. The summed E-state index contributed by atoms with van der Waals surface area (Å²) in [6, 6.07) is 7.51. The van der Waals surface area contributed by atoms with Gasteiger partial charge in [-0.05, 0) is 49.3 Å². The molecule has 1 heterocycles. The molecule has 2 amide bonds. The summed E-state index contributed by atoms with van der Waals surface area (Å²) in [5, 5.41) is 21.4. The Kier molecular flexibility index (Phi) is 4.94. The van der Waals surface area contributed by atoms with Crippen molar-refractivity contribution in [1.82, 2.24) is 10.2 Å². The summed E-state index contributed by atoms with van der Waals surface area (Å²) >= 11 is 0. The molecule has 3 N–H and O–H groups in total. The SMILES string of the molecule is O=C(O)CNC(=O)C1=C(O)C2(CC2)CN(Cc2ccc(OCC3CC3)cc2)C1=O. The summed E-state index contributed by atoms with van der Waals surface area (Å²) in [5.74, 6) is -1.42. The number of hydrogen-bond acceptors (Lipinski definition) is 5. The number of ether oxygens (including phenoxy) is 1. The van der Waals surface area contributed by atoms with Gasteiger partial charge in [0, 0.05) is 18.5 Å². The predicted octanol–water partition coefficient (Wildman–Crippen LogP) is 1.61. The van der Waals surface area contributed by atoms with E-state index in [9.17, 15) is 19.5 Å². The van der Waals surface area contributed by atoms with Crippen LogP contribution in [0.5, 0.6) is 5.75 Å². The normalized spacial score (nSPS) is 20.0. The second-order valence-electron chi connectivity index (χ2n) is 8.14. The van der Waals surface area contributed by atoms with Crippen molar-refractivity contribution < 1.29 is 29.3 Å². The van der Waals surface area contributed by atoms with Crippen LogP contribution in [0.25, 0.3) is 0 Å². The van der Waals surface area contributed by atoms with E-state index in [1.807, 2.05) is 24.3 Å². The summed E-state index contributed by atoms with van der Waals surface area (Å²) in [5.41, 5.74) is -0.0455. The quantitative estimate of drug-likeness (QED) is 0.571. The number of rotatable bonds is 8. The average molecular weight is 400 g/mol. The molecular weight excluding hydrogens is 376 g/mol. The number of aliphatic hydroxyl groups excluding tert-OH is 1. The molecule has 0 atom stereocenters. The molecule has 2 aliphatic carbocycles. The number of carbonyl (C=O) groups is 3. The average Bonchev–Trinajstić information content (AvgIpc) is 3.60. The fourth-order valence-corrected chi connectivity index (χ4v) is 3.57. The van der Waals surface area contributed by atoms with Gasteiger partial charge in [0.1, 0.15) is 23.6 Å². The van der Waals surface area contributed by atoms with Crippen molar-refractivity contribution in [2.75, 3.05) is 19.7 Å². The number of benzene rings is 1. The van der Waals surface area contributed by atoms with Crippen molar-refractivity contribution in [3.63, 3.8) is 0 Å². The minimum absolute atomic E-state index is 0.217. The molecule has 3 aliphatic rings. The van der Waals surface area contributed by atoms with E-state index in [-0.39, 0.29) is 11.3 Å². The van der Waals surface area contributed by atoms with Crippen molar-refractivity contribution >= 4 is 17.8 Å². The Morgan fingerprint density at radius 1 is 1.21 bits per heavy atom. The molecule has 1 aromatic rings. The van der Waals surface area contributed by atoms with Crippen molar-refractivity contribution in [3.8, 4) is 5.75 Å². The number of nitrogens with zero attached hydrogens (tertiary/aromatic N) is 1. The molecule has 0 saturated heterocycles. The van der Waals surface area contributed by atoms with Crippen LogP contribution in [0.2, 0.25) is 0 Å². The lowest BCUT2D eigenvalue weighted by Gasteiger charge is -2.33. The lowest BCUT2D eigenvalue weighted by atomic mass is 9.92. The minimum atomic E-state index is -1.22. The van der Waals surface area contributed by atoms with Crippen LogP contribution in [-0.4, -0.2) is 52.6 Å². The highest BCUT2D eigenvalue weighted by molar-refractivity contribution is 6.19. The largest absolute Gasteiger partial charge is 0.511 e. The van der Waals surface area contributed by atoms with Gasteiger partial charge in [0.25, 0.3) is 11.8 Å². The maximum absolute atomic E-state index is 12.9. The van der Waals surface area contributed by atoms with Crippen LogP contribution in [0, 0.1) is 11.3 Å². The smallest absolute Gasteiger partial charge is 0.322 e. The third kappa shape index (κ3) is 4.21. The van der Waals surface area contributed by atoms with Gasteiger partial charge in [-0.2, -0.15) is 0 Å². The molecule has 0 unspecified atom stereocenters. The van der Waals surface area contributed by atoms with Gasteiger partial charge < -0.3 is 25.2 Å². The summed E-state index contributed by atoms with van der Waals surface area (Å²) in [6.07, 6.45) is 3.82. The molecule has 0 radical (unpaired) electrons. The summed E-state index contributed by atoms with van der Waals surface area (Å²) in [7, 11) is 0. The first-order valence-corrected chi connectivity index (χ1v) is 9.83. The first-order valence-electron chi connectivity index (χ1n) is 9.83. The Labute approximate surface area is 168 Å². The van der Waals surface area contributed by atoms with E-state index >= 15 is 0 Å². The summed E-state index contributed by atoms with van der Waals surface area (Å²) < 4.78 is 5.73. The molecule has 1 aromatic carbocycles. The van der Waals surface area contributed by atoms with Crippen LogP contribution < -0.4 is 10.1 Å². The predicted molar refractivity (Wildman–Crippen MR) is 102 cm³/mol. The topological polar surface area (TPSA) is 116 Å². The molecule has 8 heteroatoms. The Balaban J connectivity index is 1.46. The van der Waals surface area contributed by atoms with Crippen LogP contribution in [0.4, 0.5) is 0 Å². The van der Waals surface area contributed by atoms with Gasteiger partial charge in [0.2, 0.25) is 0 Å². The van der Waals surface area contributed by atoms with Crippen molar-refractivity contribution in [1.29, 1.82) is 0 Å². The van der Waals surface area contributed by atoms with Crippen LogP contribution in [0.15, 0.2) is 35.6 Å². The first kappa shape index (κ1) is 19.3. The Hall–Kier alpha value is -3.03. The van der Waals surface area contributed by atoms with Gasteiger partial charge in [-0.25, -0.2) is 0 Å². The van der Waals surface area contributed by atoms with Gasteiger partial charge in [-0.3, -0.25) is 14.4 Å². The zero-order chi connectivity index (χ0) is 20.6. The van der Waals surface area contributed by atoms with Crippen LogP contribution in [0.3, 0.4) is 0 Å². The standard InChI is InChI=1S/C21H24N2O6/c24-16(25)9-22-19(27)17-18(26)21(7-8-21)12-23(20(17)28)10-13-3-5-15(6-4-13)29-11-14-1-2-14/h3-6,14,26H,1-2,7-12H2,(H,22,27)(H,24,25). The Bertz CT molecular complexity index is 868. The molecule has 0 bridgehead atoms. The number of aliphatic hydroxyl groups is 1. The molecule has 4 rings (SSSR count). The number of aliphatic carboxylic acids is 1. The molecular formula is C21H24N2O6. The minimum Gasteiger partial charge on any atom is -0.511 e. The summed E-state index contributed by atoms with van der Waals surface area (Å²) in [4.78, 5) is 37.5. The van der Waals surface area contributed by atoms with Crippen LogP contribution >= 0.6 is 0 Å². The number of hydrogen-bond donors (Lipinski definition) is 3. The molecule has 2 saturated carbocycles. The van der Waals surface area contributed by atoms with E-state index in [1.54, 1.807) is 4.90 Å². The van der Waals surface area contributed by atoms with Crippen molar-refractivity contribution in [2.24, 2.45) is 11.3 Å². The number of carboxylic acids is 1. The van der Waals surface area contributed by atoms with Gasteiger partial charge in [0.15, 0.2) is 0 Å². The third-order valence-electron chi connectivity index (χ3n) is 5.69. The maximum Gasteiger partial charge on any atom is 0.322 e. The number of carboxylic acid groups (broad SMARTS) is 1. The van der Waals surface area contributed by atoms with E-state index in [1.165, 1.54) is 12.8 Å². The van der Waals surface area contributed by atoms with E-state index < -0.39 is 29.7 Å². The first-order chi connectivity index (χ1) is 13.9. The van der Waals surface area contributed by atoms with E-state index in [2.05, 4.69) is 5.32 Å². The monoisotopic (exact) mass is 400 g/mol. The Morgan fingerprint density at radius 3 is 2.48 bits per heavy atom. The lowest BCUT2D eigenvalue weighted by Crippen LogP contribution is -2.47. The van der Waals surface area contributed by atoms with E-state index in [4.69, 9.17) is 9.84 Å². The maximum atomic E-state index is 12.9. The van der Waals surface area contributed by atoms with Crippen LogP contribution in [-0.2, 0) is 20.9 Å². The highest BCUT2D eigenvalue weighted by Crippen LogP contribution is 2.54. The molecule has 29 heavy (non-hydrogen) atoms. The van der Waals surface area contributed by atoms with Gasteiger partial charge in [0.05, 0.1) is 6.61 Å². The van der Waals surface area contributed by atoms with Crippen LogP contribution in [0.1, 0.15) is 31.2 Å². The van der Waals surface area contributed by atoms with Crippen molar-refractivity contribution in [3.05, 3.63) is 41.2 Å².